The molecule has 1 aliphatic rings. The molecule has 1 fully saturated rings. The molecular formula is C17H24FN3O4. The number of piperidine rings is 1. The maximum absolute atomic E-state index is 14.2. The van der Waals surface area contributed by atoms with Crippen molar-refractivity contribution in [3.8, 4) is 0 Å². The van der Waals surface area contributed by atoms with Crippen LogP contribution in [0.2, 0.25) is 0 Å². The van der Waals surface area contributed by atoms with Crippen molar-refractivity contribution in [1.82, 2.24) is 4.90 Å². The van der Waals surface area contributed by atoms with Crippen molar-refractivity contribution in [2.24, 2.45) is 0 Å². The maximum Gasteiger partial charge on any atom is 0.410 e. The summed E-state index contributed by atoms with van der Waals surface area (Å²) < 4.78 is 19.5. The molecule has 138 valence electrons. The summed E-state index contributed by atoms with van der Waals surface area (Å²) in [6.07, 6.45) is 1.01. The number of benzene rings is 1. The Balaban J connectivity index is 1.98. The van der Waals surface area contributed by atoms with Gasteiger partial charge in [0.1, 0.15) is 5.60 Å². The first-order valence-corrected chi connectivity index (χ1v) is 8.23. The van der Waals surface area contributed by atoms with Gasteiger partial charge in [-0.3, -0.25) is 10.1 Å². The molecule has 1 aromatic carbocycles. The molecule has 0 atom stereocenters. The molecule has 0 N–H and O–H groups in total. The number of carbonyl (C=O) groups excluding carboxylic acids is 1. The van der Waals surface area contributed by atoms with Gasteiger partial charge < -0.3 is 14.5 Å². The van der Waals surface area contributed by atoms with Crippen molar-refractivity contribution in [2.75, 3.05) is 25.0 Å². The topological polar surface area (TPSA) is 75.9 Å². The number of amides is 1. The number of non-ortho nitro benzene ring substituents is 1. The number of halogens is 1. The summed E-state index contributed by atoms with van der Waals surface area (Å²) >= 11 is 0. The van der Waals surface area contributed by atoms with Crippen molar-refractivity contribution >= 4 is 17.5 Å². The van der Waals surface area contributed by atoms with Crippen LogP contribution in [0.5, 0.6) is 0 Å². The molecule has 1 heterocycles. The minimum Gasteiger partial charge on any atom is -0.444 e. The second-order valence-electron chi connectivity index (χ2n) is 7.20. The number of nitro groups is 1. The molecule has 1 aliphatic heterocycles. The van der Waals surface area contributed by atoms with E-state index in [0.717, 1.165) is 6.07 Å². The number of hydrogen-bond donors (Lipinski definition) is 0. The summed E-state index contributed by atoms with van der Waals surface area (Å²) in [6, 6.07) is 3.70. The summed E-state index contributed by atoms with van der Waals surface area (Å²) in [6.45, 7) is 6.52. The average molecular weight is 353 g/mol. The number of likely N-dealkylation sites (tertiary alicyclic amines) is 1. The van der Waals surface area contributed by atoms with E-state index in [1.54, 1.807) is 16.8 Å². The van der Waals surface area contributed by atoms with Gasteiger partial charge in [-0.2, -0.15) is 0 Å². The van der Waals surface area contributed by atoms with Gasteiger partial charge in [0.25, 0.3) is 5.69 Å². The van der Waals surface area contributed by atoms with E-state index in [1.807, 2.05) is 20.8 Å². The van der Waals surface area contributed by atoms with E-state index >= 15 is 0 Å². The number of carbonyl (C=O) groups is 1. The van der Waals surface area contributed by atoms with Gasteiger partial charge in [0.15, 0.2) is 5.82 Å². The number of nitrogens with zero attached hydrogens (tertiary/aromatic N) is 3. The van der Waals surface area contributed by atoms with Crippen LogP contribution in [0, 0.1) is 15.9 Å². The third kappa shape index (κ3) is 4.80. The molecule has 1 amide bonds. The van der Waals surface area contributed by atoms with Gasteiger partial charge in [-0.05, 0) is 39.7 Å². The number of hydrogen-bond acceptors (Lipinski definition) is 5. The smallest absolute Gasteiger partial charge is 0.410 e. The number of anilines is 1. The number of nitro benzene ring substituents is 1. The highest BCUT2D eigenvalue weighted by Crippen LogP contribution is 2.28. The lowest BCUT2D eigenvalue weighted by atomic mass is 10.0. The Kier molecular flexibility index (Phi) is 5.49. The van der Waals surface area contributed by atoms with Gasteiger partial charge in [0.05, 0.1) is 16.7 Å². The van der Waals surface area contributed by atoms with E-state index in [4.69, 9.17) is 4.74 Å². The Morgan fingerprint density at radius 2 is 1.96 bits per heavy atom. The van der Waals surface area contributed by atoms with Gasteiger partial charge in [0, 0.05) is 32.2 Å². The molecule has 2 rings (SSSR count). The predicted octanol–water partition coefficient (Wildman–Crippen LogP) is 3.57. The molecule has 1 aromatic rings. The summed E-state index contributed by atoms with van der Waals surface area (Å²) in [5.74, 6) is -0.619. The van der Waals surface area contributed by atoms with Crippen LogP contribution in [0.4, 0.5) is 20.6 Å². The summed E-state index contributed by atoms with van der Waals surface area (Å²) in [7, 11) is 1.76. The molecule has 0 aromatic heterocycles. The molecule has 0 radical (unpaired) electrons. The predicted molar refractivity (Wildman–Crippen MR) is 92.3 cm³/mol. The van der Waals surface area contributed by atoms with Crippen molar-refractivity contribution in [2.45, 2.75) is 45.3 Å². The highest BCUT2D eigenvalue weighted by molar-refractivity contribution is 5.68. The van der Waals surface area contributed by atoms with Crippen LogP contribution < -0.4 is 4.90 Å². The Bertz CT molecular complexity index is 652. The second kappa shape index (κ2) is 7.25. The Morgan fingerprint density at radius 3 is 2.44 bits per heavy atom. The number of rotatable bonds is 3. The summed E-state index contributed by atoms with van der Waals surface area (Å²) in [5.41, 5.74) is -0.484. The molecule has 7 nitrogen and oxygen atoms in total. The van der Waals surface area contributed by atoms with Crippen LogP contribution in [0.15, 0.2) is 18.2 Å². The van der Waals surface area contributed by atoms with Gasteiger partial charge >= 0.3 is 6.09 Å². The minimum absolute atomic E-state index is 0.0506. The summed E-state index contributed by atoms with van der Waals surface area (Å²) in [4.78, 5) is 25.6. The lowest BCUT2D eigenvalue weighted by Gasteiger charge is -2.38. The fourth-order valence-corrected chi connectivity index (χ4v) is 2.85. The zero-order valence-electron chi connectivity index (χ0n) is 15.0. The van der Waals surface area contributed by atoms with Gasteiger partial charge in [-0.25, -0.2) is 9.18 Å². The number of ether oxygens (including phenoxy) is 1. The Labute approximate surface area is 146 Å². The summed E-state index contributed by atoms with van der Waals surface area (Å²) in [5, 5.41) is 10.7. The Morgan fingerprint density at radius 1 is 1.36 bits per heavy atom. The highest BCUT2D eigenvalue weighted by Gasteiger charge is 2.29. The van der Waals surface area contributed by atoms with Crippen LogP contribution in [-0.2, 0) is 4.74 Å². The van der Waals surface area contributed by atoms with E-state index in [-0.39, 0.29) is 17.8 Å². The molecule has 0 bridgehead atoms. The molecule has 25 heavy (non-hydrogen) atoms. The van der Waals surface area contributed by atoms with Crippen LogP contribution >= 0.6 is 0 Å². The van der Waals surface area contributed by atoms with Crippen molar-refractivity contribution in [3.05, 3.63) is 34.1 Å². The zero-order valence-corrected chi connectivity index (χ0v) is 15.0. The molecule has 0 spiro atoms. The van der Waals surface area contributed by atoms with E-state index in [0.29, 0.717) is 31.6 Å². The normalized spacial score (nSPS) is 15.8. The fraction of sp³-hybridized carbons (Fsp3) is 0.588. The van der Waals surface area contributed by atoms with Crippen molar-refractivity contribution in [3.63, 3.8) is 0 Å². The van der Waals surface area contributed by atoms with Crippen LogP contribution in [-0.4, -0.2) is 47.7 Å². The molecule has 1 saturated heterocycles. The average Bonchev–Trinajstić information content (AvgIpc) is 2.52. The lowest BCUT2D eigenvalue weighted by Crippen LogP contribution is -2.47. The fourth-order valence-electron chi connectivity index (χ4n) is 2.85. The SMILES string of the molecule is CN(c1ccc([N+](=O)[O-])cc1F)C1CCN(C(=O)OC(C)(C)C)CC1. The van der Waals surface area contributed by atoms with E-state index in [1.165, 1.54) is 12.1 Å². The molecule has 0 saturated carbocycles. The second-order valence-corrected chi connectivity index (χ2v) is 7.20. The molecular weight excluding hydrogens is 329 g/mol. The quantitative estimate of drug-likeness (QED) is 0.613. The van der Waals surface area contributed by atoms with Gasteiger partial charge in [-0.1, -0.05) is 0 Å². The highest BCUT2D eigenvalue weighted by atomic mass is 19.1. The Hall–Kier alpha value is -2.38. The minimum atomic E-state index is -0.619. The third-order valence-electron chi connectivity index (χ3n) is 4.19. The van der Waals surface area contributed by atoms with Crippen molar-refractivity contribution < 1.29 is 18.8 Å². The van der Waals surface area contributed by atoms with Crippen LogP contribution in [0.3, 0.4) is 0 Å². The first-order chi connectivity index (χ1) is 11.6. The third-order valence-corrected chi connectivity index (χ3v) is 4.19. The van der Waals surface area contributed by atoms with Crippen LogP contribution in [0.1, 0.15) is 33.6 Å². The first-order valence-electron chi connectivity index (χ1n) is 8.23. The van der Waals surface area contributed by atoms with Gasteiger partial charge in [-0.15, -0.1) is 0 Å². The first kappa shape index (κ1) is 19.0. The van der Waals surface area contributed by atoms with E-state index < -0.39 is 16.3 Å². The van der Waals surface area contributed by atoms with Crippen LogP contribution in [0.25, 0.3) is 0 Å². The lowest BCUT2D eigenvalue weighted by molar-refractivity contribution is -0.385. The van der Waals surface area contributed by atoms with E-state index in [2.05, 4.69) is 0 Å². The zero-order chi connectivity index (χ0) is 18.8. The van der Waals surface area contributed by atoms with E-state index in [9.17, 15) is 19.3 Å². The standard InChI is InChI=1S/C17H24FN3O4/c1-17(2,3)25-16(22)20-9-7-12(8-10-20)19(4)15-6-5-13(21(23)24)11-14(15)18/h5-6,11-12H,7-10H2,1-4H3. The largest absolute Gasteiger partial charge is 0.444 e. The molecule has 0 unspecified atom stereocenters. The monoisotopic (exact) mass is 353 g/mol. The van der Waals surface area contributed by atoms with Gasteiger partial charge in [0.2, 0.25) is 0 Å². The molecule has 0 aliphatic carbocycles. The van der Waals surface area contributed by atoms with Crippen molar-refractivity contribution in [1.29, 1.82) is 0 Å². The maximum atomic E-state index is 14.2. The molecule has 8 heteroatoms.